The average molecular weight is 342 g/mol. The van der Waals surface area contributed by atoms with E-state index in [1.165, 1.54) is 6.92 Å². The van der Waals surface area contributed by atoms with Crippen LogP contribution in [0.5, 0.6) is 0 Å². The third-order valence-electron chi connectivity index (χ3n) is 4.12. The summed E-state index contributed by atoms with van der Waals surface area (Å²) >= 11 is 0. The first kappa shape index (κ1) is 20.5. The molecular weight excluding hydrogens is 312 g/mol. The van der Waals surface area contributed by atoms with E-state index < -0.39 is 24.1 Å². The van der Waals surface area contributed by atoms with E-state index in [0.29, 0.717) is 12.8 Å². The molecule has 1 rings (SSSR count). The molecule has 0 aromatic rings. The summed E-state index contributed by atoms with van der Waals surface area (Å²) in [5, 5.41) is 18.1. The van der Waals surface area contributed by atoms with E-state index in [1.807, 2.05) is 0 Å². The zero-order valence-electron chi connectivity index (χ0n) is 14.7. The second kappa shape index (κ2) is 9.71. The van der Waals surface area contributed by atoms with Gasteiger partial charge in [-0.25, -0.2) is 0 Å². The molecule has 1 aliphatic rings. The smallest absolute Gasteiger partial charge is 0.245 e. The van der Waals surface area contributed by atoms with Gasteiger partial charge in [-0.15, -0.1) is 0 Å². The molecule has 0 spiro atoms. The Morgan fingerprint density at radius 1 is 1.25 bits per heavy atom. The lowest BCUT2D eigenvalue weighted by molar-refractivity contribution is -0.135. The number of aliphatic hydroxyl groups excluding tert-OH is 1. The molecule has 24 heavy (non-hydrogen) atoms. The Morgan fingerprint density at radius 2 is 1.92 bits per heavy atom. The van der Waals surface area contributed by atoms with E-state index in [4.69, 9.17) is 5.73 Å². The van der Waals surface area contributed by atoms with E-state index >= 15 is 0 Å². The fraction of sp³-hybridized carbons (Fsp3) is 0.812. The molecule has 0 saturated carbocycles. The molecule has 0 radical (unpaired) electrons. The van der Waals surface area contributed by atoms with Crippen LogP contribution >= 0.6 is 0 Å². The van der Waals surface area contributed by atoms with Gasteiger partial charge in [0.1, 0.15) is 6.04 Å². The fourth-order valence-electron chi connectivity index (χ4n) is 2.68. The van der Waals surface area contributed by atoms with Crippen molar-refractivity contribution in [3.05, 3.63) is 0 Å². The van der Waals surface area contributed by atoms with Gasteiger partial charge in [0.25, 0.3) is 0 Å². The van der Waals surface area contributed by atoms with Crippen molar-refractivity contribution in [3.63, 3.8) is 0 Å². The van der Waals surface area contributed by atoms with Crippen molar-refractivity contribution in [1.82, 2.24) is 16.0 Å². The van der Waals surface area contributed by atoms with Gasteiger partial charge in [0.15, 0.2) is 5.78 Å². The number of aliphatic hydroxyl groups is 1. The maximum absolute atomic E-state index is 12.4. The molecule has 2 amide bonds. The second-order valence-electron chi connectivity index (χ2n) is 6.57. The maximum Gasteiger partial charge on any atom is 0.245 e. The SMILES string of the molecule is CC(C)C(=O)[C@H](CCN)NC(=O)[C@@H](NC(=O)[C@@H]1CCCN1)C(C)O. The third-order valence-corrected chi connectivity index (χ3v) is 4.12. The minimum Gasteiger partial charge on any atom is -0.391 e. The van der Waals surface area contributed by atoms with Crippen LogP contribution in [0.15, 0.2) is 0 Å². The van der Waals surface area contributed by atoms with Crippen LogP contribution in [0.1, 0.15) is 40.0 Å². The highest BCUT2D eigenvalue weighted by Gasteiger charge is 2.32. The Morgan fingerprint density at radius 3 is 2.38 bits per heavy atom. The monoisotopic (exact) mass is 342 g/mol. The highest BCUT2D eigenvalue weighted by Crippen LogP contribution is 2.07. The lowest BCUT2D eigenvalue weighted by Crippen LogP contribution is -2.58. The molecule has 138 valence electrons. The number of hydrogen-bond donors (Lipinski definition) is 5. The van der Waals surface area contributed by atoms with Crippen LogP contribution in [0, 0.1) is 5.92 Å². The molecule has 8 heteroatoms. The van der Waals surface area contributed by atoms with E-state index in [0.717, 1.165) is 13.0 Å². The van der Waals surface area contributed by atoms with Crippen LogP contribution in [-0.4, -0.2) is 60.0 Å². The number of rotatable bonds is 9. The summed E-state index contributed by atoms with van der Waals surface area (Å²) in [6.45, 7) is 5.93. The van der Waals surface area contributed by atoms with E-state index in [9.17, 15) is 19.5 Å². The van der Waals surface area contributed by atoms with Gasteiger partial charge in [0.2, 0.25) is 11.8 Å². The summed E-state index contributed by atoms with van der Waals surface area (Å²) in [5.74, 6) is -1.27. The first-order chi connectivity index (χ1) is 11.3. The predicted octanol–water partition coefficient (Wildman–Crippen LogP) is -1.34. The molecule has 6 N–H and O–H groups in total. The van der Waals surface area contributed by atoms with E-state index in [2.05, 4.69) is 16.0 Å². The minimum atomic E-state index is -1.11. The van der Waals surface area contributed by atoms with Gasteiger partial charge in [-0.05, 0) is 39.3 Å². The number of hydrogen-bond acceptors (Lipinski definition) is 6. The van der Waals surface area contributed by atoms with Gasteiger partial charge >= 0.3 is 0 Å². The van der Waals surface area contributed by atoms with Crippen LogP contribution in [0.2, 0.25) is 0 Å². The molecule has 1 fully saturated rings. The van der Waals surface area contributed by atoms with Crippen molar-refractivity contribution in [2.75, 3.05) is 13.1 Å². The Hall–Kier alpha value is -1.51. The molecule has 1 unspecified atom stereocenters. The largest absolute Gasteiger partial charge is 0.391 e. The molecular formula is C16H30N4O4. The normalized spacial score (nSPS) is 21.2. The predicted molar refractivity (Wildman–Crippen MR) is 90.1 cm³/mol. The van der Waals surface area contributed by atoms with Crippen LogP contribution in [0.25, 0.3) is 0 Å². The molecule has 0 aromatic carbocycles. The summed E-state index contributed by atoms with van der Waals surface area (Å²) in [5.41, 5.74) is 5.51. The number of Topliss-reactive ketones (excluding diaryl/α,β-unsaturated/α-hetero) is 1. The Bertz CT molecular complexity index is 447. The van der Waals surface area contributed by atoms with Crippen molar-refractivity contribution < 1.29 is 19.5 Å². The second-order valence-corrected chi connectivity index (χ2v) is 6.57. The van der Waals surface area contributed by atoms with Gasteiger partial charge in [0, 0.05) is 5.92 Å². The highest BCUT2D eigenvalue weighted by atomic mass is 16.3. The van der Waals surface area contributed by atoms with Crippen molar-refractivity contribution in [2.24, 2.45) is 11.7 Å². The van der Waals surface area contributed by atoms with Crippen LogP contribution in [0.3, 0.4) is 0 Å². The Balaban J connectivity index is 2.73. The van der Waals surface area contributed by atoms with Crippen LogP contribution in [0.4, 0.5) is 0 Å². The molecule has 1 saturated heterocycles. The van der Waals surface area contributed by atoms with Gasteiger partial charge in [-0.2, -0.15) is 0 Å². The molecule has 4 atom stereocenters. The number of carbonyl (C=O) groups is 3. The number of ketones is 1. The molecule has 0 aliphatic carbocycles. The third kappa shape index (κ3) is 5.85. The minimum absolute atomic E-state index is 0.123. The summed E-state index contributed by atoms with van der Waals surface area (Å²) in [7, 11) is 0. The molecule has 8 nitrogen and oxygen atoms in total. The summed E-state index contributed by atoms with van der Waals surface area (Å²) < 4.78 is 0. The quantitative estimate of drug-likeness (QED) is 0.352. The fourth-order valence-corrected chi connectivity index (χ4v) is 2.68. The van der Waals surface area contributed by atoms with E-state index in [-0.39, 0.29) is 30.2 Å². The molecule has 0 aromatic heterocycles. The first-order valence-corrected chi connectivity index (χ1v) is 8.53. The van der Waals surface area contributed by atoms with Gasteiger partial charge in [-0.3, -0.25) is 14.4 Å². The van der Waals surface area contributed by atoms with Crippen LogP contribution < -0.4 is 21.7 Å². The van der Waals surface area contributed by atoms with Gasteiger partial charge in [-0.1, -0.05) is 13.8 Å². The Labute approximate surface area is 142 Å². The topological polar surface area (TPSA) is 134 Å². The Kier molecular flexibility index (Phi) is 8.30. The maximum atomic E-state index is 12.4. The molecule has 1 aliphatic heterocycles. The number of nitrogens with one attached hydrogen (secondary N) is 3. The number of carbonyl (C=O) groups excluding carboxylic acids is 3. The van der Waals surface area contributed by atoms with Crippen LogP contribution in [-0.2, 0) is 14.4 Å². The summed E-state index contributed by atoms with van der Waals surface area (Å²) in [6.07, 6.45) is 0.822. The molecule has 1 heterocycles. The van der Waals surface area contributed by atoms with Gasteiger partial charge < -0.3 is 26.8 Å². The van der Waals surface area contributed by atoms with Crippen molar-refractivity contribution in [2.45, 2.75) is 64.3 Å². The molecule has 0 bridgehead atoms. The summed E-state index contributed by atoms with van der Waals surface area (Å²) in [4.78, 5) is 36.8. The van der Waals surface area contributed by atoms with Crippen molar-refractivity contribution >= 4 is 17.6 Å². The summed E-state index contributed by atoms with van der Waals surface area (Å²) in [6, 6.07) is -2.18. The average Bonchev–Trinajstić information content (AvgIpc) is 3.05. The van der Waals surface area contributed by atoms with Crippen molar-refractivity contribution in [1.29, 1.82) is 0 Å². The van der Waals surface area contributed by atoms with Gasteiger partial charge in [0.05, 0.1) is 18.2 Å². The number of amides is 2. The van der Waals surface area contributed by atoms with E-state index in [1.54, 1.807) is 13.8 Å². The zero-order valence-corrected chi connectivity index (χ0v) is 14.7. The number of nitrogens with two attached hydrogens (primary N) is 1. The highest BCUT2D eigenvalue weighted by molar-refractivity contribution is 5.94. The lowest BCUT2D eigenvalue weighted by Gasteiger charge is -2.26. The van der Waals surface area contributed by atoms with Crippen molar-refractivity contribution in [3.8, 4) is 0 Å². The zero-order chi connectivity index (χ0) is 18.3. The lowest BCUT2D eigenvalue weighted by atomic mass is 9.98. The first-order valence-electron chi connectivity index (χ1n) is 8.53. The standard InChI is InChI=1S/C16H30N4O4/c1-9(2)14(22)11(6-7-17)19-16(24)13(10(3)21)20-15(23)12-5-4-8-18-12/h9-13,18,21H,4-8,17H2,1-3H3,(H,19,24)(H,20,23)/t10?,11-,12-,13-/m0/s1.